The maximum atomic E-state index is 9.69. The quantitative estimate of drug-likeness (QED) is 0.777. The molecule has 0 aromatic carbocycles. The molecule has 0 aromatic rings. The van der Waals surface area contributed by atoms with Gasteiger partial charge < -0.3 is 15.2 Å². The SMILES string of the molecule is CCOC1CC(NCC2(CO)CCCC2)C12CCC2. The van der Waals surface area contributed by atoms with Crippen LogP contribution in [0.1, 0.15) is 58.3 Å². The van der Waals surface area contributed by atoms with Crippen LogP contribution in [0.25, 0.3) is 0 Å². The molecule has 110 valence electrons. The third-order valence-electron chi connectivity index (χ3n) is 6.16. The smallest absolute Gasteiger partial charge is 0.0661 e. The van der Waals surface area contributed by atoms with Gasteiger partial charge in [0.05, 0.1) is 6.10 Å². The molecule has 0 saturated heterocycles. The van der Waals surface area contributed by atoms with Crippen LogP contribution in [-0.4, -0.2) is 37.0 Å². The van der Waals surface area contributed by atoms with Gasteiger partial charge in [-0.1, -0.05) is 19.3 Å². The van der Waals surface area contributed by atoms with Crippen LogP contribution in [0.15, 0.2) is 0 Å². The van der Waals surface area contributed by atoms with Gasteiger partial charge in [0, 0.05) is 36.6 Å². The lowest BCUT2D eigenvalue weighted by molar-refractivity contribution is -0.174. The predicted octanol–water partition coefficient (Wildman–Crippen LogP) is 2.48. The Hall–Kier alpha value is -0.120. The fourth-order valence-electron chi connectivity index (χ4n) is 4.58. The molecule has 3 fully saturated rings. The maximum absolute atomic E-state index is 9.69. The van der Waals surface area contributed by atoms with Gasteiger partial charge in [0.1, 0.15) is 0 Å². The van der Waals surface area contributed by atoms with Crippen molar-refractivity contribution >= 4 is 0 Å². The van der Waals surface area contributed by atoms with Crippen LogP contribution in [0.4, 0.5) is 0 Å². The summed E-state index contributed by atoms with van der Waals surface area (Å²) in [6, 6.07) is 0.641. The van der Waals surface area contributed by atoms with E-state index in [1.807, 2.05) is 0 Å². The Labute approximate surface area is 117 Å². The molecule has 3 heteroatoms. The van der Waals surface area contributed by atoms with Crippen molar-refractivity contribution in [3.63, 3.8) is 0 Å². The lowest BCUT2D eigenvalue weighted by atomic mass is 9.51. The average Bonchev–Trinajstić information content (AvgIpc) is 2.80. The van der Waals surface area contributed by atoms with Crippen molar-refractivity contribution in [1.29, 1.82) is 0 Å². The van der Waals surface area contributed by atoms with Crippen LogP contribution in [0.5, 0.6) is 0 Å². The number of hydrogen-bond acceptors (Lipinski definition) is 3. The minimum Gasteiger partial charge on any atom is -0.396 e. The van der Waals surface area contributed by atoms with Crippen molar-refractivity contribution in [2.45, 2.75) is 70.4 Å². The van der Waals surface area contributed by atoms with Crippen molar-refractivity contribution < 1.29 is 9.84 Å². The standard InChI is InChI=1S/C16H29NO2/c1-2-19-14-10-13(16(14)8-5-9-16)17-11-15(12-18)6-3-4-7-15/h13-14,17-18H,2-12H2,1H3. The molecule has 0 aliphatic heterocycles. The van der Waals surface area contributed by atoms with Crippen LogP contribution >= 0.6 is 0 Å². The Balaban J connectivity index is 1.53. The molecule has 3 saturated carbocycles. The first-order valence-electron chi connectivity index (χ1n) is 8.21. The van der Waals surface area contributed by atoms with Crippen LogP contribution < -0.4 is 5.32 Å². The number of aliphatic hydroxyl groups excluding tert-OH is 1. The molecule has 3 aliphatic carbocycles. The third kappa shape index (κ3) is 2.24. The van der Waals surface area contributed by atoms with Crippen LogP contribution in [-0.2, 0) is 4.74 Å². The Morgan fingerprint density at radius 1 is 1.16 bits per heavy atom. The lowest BCUT2D eigenvalue weighted by Crippen LogP contribution is -2.67. The van der Waals surface area contributed by atoms with Gasteiger partial charge >= 0.3 is 0 Å². The van der Waals surface area contributed by atoms with E-state index in [4.69, 9.17) is 4.74 Å². The first kappa shape index (κ1) is 13.8. The summed E-state index contributed by atoms with van der Waals surface area (Å²) in [5, 5.41) is 13.5. The van der Waals surface area contributed by atoms with E-state index in [2.05, 4.69) is 12.2 Å². The molecule has 2 unspecified atom stereocenters. The second kappa shape index (κ2) is 5.34. The van der Waals surface area contributed by atoms with Crippen molar-refractivity contribution in [2.75, 3.05) is 19.8 Å². The minimum atomic E-state index is 0.182. The van der Waals surface area contributed by atoms with Gasteiger partial charge in [-0.2, -0.15) is 0 Å². The van der Waals surface area contributed by atoms with Crippen LogP contribution in [0.3, 0.4) is 0 Å². The monoisotopic (exact) mass is 267 g/mol. The molecule has 2 atom stereocenters. The van der Waals surface area contributed by atoms with E-state index in [1.165, 1.54) is 51.4 Å². The molecule has 0 heterocycles. The molecule has 3 rings (SSSR count). The van der Waals surface area contributed by atoms with Crippen molar-refractivity contribution in [2.24, 2.45) is 10.8 Å². The first-order chi connectivity index (χ1) is 9.25. The fraction of sp³-hybridized carbons (Fsp3) is 1.00. The topological polar surface area (TPSA) is 41.5 Å². The number of rotatable bonds is 6. The molecular weight excluding hydrogens is 238 g/mol. The molecule has 1 spiro atoms. The summed E-state index contributed by atoms with van der Waals surface area (Å²) in [6.07, 6.45) is 10.7. The van der Waals surface area contributed by atoms with Crippen LogP contribution in [0, 0.1) is 10.8 Å². The highest BCUT2D eigenvalue weighted by atomic mass is 16.5. The minimum absolute atomic E-state index is 0.182. The molecule has 3 nitrogen and oxygen atoms in total. The number of aliphatic hydroxyl groups is 1. The Morgan fingerprint density at radius 2 is 1.89 bits per heavy atom. The summed E-state index contributed by atoms with van der Waals surface area (Å²) >= 11 is 0. The lowest BCUT2D eigenvalue weighted by Gasteiger charge is -2.61. The zero-order valence-electron chi connectivity index (χ0n) is 12.3. The van der Waals surface area contributed by atoms with E-state index < -0.39 is 0 Å². The van der Waals surface area contributed by atoms with Crippen molar-refractivity contribution in [1.82, 2.24) is 5.32 Å². The van der Waals surface area contributed by atoms with E-state index in [1.54, 1.807) is 0 Å². The molecule has 2 N–H and O–H groups in total. The number of nitrogens with one attached hydrogen (secondary N) is 1. The predicted molar refractivity (Wildman–Crippen MR) is 76.1 cm³/mol. The zero-order chi connectivity index (χ0) is 13.3. The summed E-state index contributed by atoms with van der Waals surface area (Å²) in [4.78, 5) is 0. The maximum Gasteiger partial charge on any atom is 0.0661 e. The number of hydrogen-bond donors (Lipinski definition) is 2. The molecule has 0 bridgehead atoms. The van der Waals surface area contributed by atoms with E-state index in [0.29, 0.717) is 24.2 Å². The Bertz CT molecular complexity index is 308. The van der Waals surface area contributed by atoms with Gasteiger partial charge in [-0.3, -0.25) is 0 Å². The second-order valence-corrected chi connectivity index (χ2v) is 7.07. The van der Waals surface area contributed by atoms with Crippen LogP contribution in [0.2, 0.25) is 0 Å². The summed E-state index contributed by atoms with van der Waals surface area (Å²) < 4.78 is 5.90. The Kier molecular flexibility index (Phi) is 3.89. The van der Waals surface area contributed by atoms with Gasteiger partial charge in [-0.05, 0) is 39.0 Å². The van der Waals surface area contributed by atoms with E-state index >= 15 is 0 Å². The summed E-state index contributed by atoms with van der Waals surface area (Å²) in [5.41, 5.74) is 0.632. The molecule has 19 heavy (non-hydrogen) atoms. The fourth-order valence-corrected chi connectivity index (χ4v) is 4.58. The second-order valence-electron chi connectivity index (χ2n) is 7.07. The average molecular weight is 267 g/mol. The summed E-state index contributed by atoms with van der Waals surface area (Å²) in [5.74, 6) is 0. The van der Waals surface area contributed by atoms with Gasteiger partial charge in [-0.25, -0.2) is 0 Å². The van der Waals surface area contributed by atoms with Crippen molar-refractivity contribution in [3.05, 3.63) is 0 Å². The molecule has 0 aromatic heterocycles. The van der Waals surface area contributed by atoms with Crippen molar-refractivity contribution in [3.8, 4) is 0 Å². The van der Waals surface area contributed by atoms with Gasteiger partial charge in [0.2, 0.25) is 0 Å². The Morgan fingerprint density at radius 3 is 2.42 bits per heavy atom. The summed E-state index contributed by atoms with van der Waals surface area (Å²) in [7, 11) is 0. The van der Waals surface area contributed by atoms with Gasteiger partial charge in [0.15, 0.2) is 0 Å². The van der Waals surface area contributed by atoms with E-state index in [-0.39, 0.29) is 5.41 Å². The van der Waals surface area contributed by atoms with E-state index in [9.17, 15) is 5.11 Å². The third-order valence-corrected chi connectivity index (χ3v) is 6.16. The first-order valence-corrected chi connectivity index (χ1v) is 8.21. The highest BCUT2D eigenvalue weighted by Crippen LogP contribution is 2.57. The van der Waals surface area contributed by atoms with Gasteiger partial charge in [-0.15, -0.1) is 0 Å². The molecular formula is C16H29NO2. The zero-order valence-corrected chi connectivity index (χ0v) is 12.3. The largest absolute Gasteiger partial charge is 0.396 e. The molecule has 3 aliphatic rings. The summed E-state index contributed by atoms with van der Waals surface area (Å²) in [6.45, 7) is 4.31. The molecule has 0 radical (unpaired) electrons. The highest BCUT2D eigenvalue weighted by Gasteiger charge is 2.58. The normalized spacial score (nSPS) is 35.1. The number of ether oxygens (including phenoxy) is 1. The van der Waals surface area contributed by atoms with Gasteiger partial charge in [0.25, 0.3) is 0 Å². The highest BCUT2D eigenvalue weighted by molar-refractivity contribution is 5.12. The van der Waals surface area contributed by atoms with E-state index in [0.717, 1.165) is 13.2 Å². The molecule has 0 amide bonds.